The van der Waals surface area contributed by atoms with E-state index in [1.165, 1.54) is 22.9 Å². The van der Waals surface area contributed by atoms with Crippen LogP contribution < -0.4 is 5.32 Å². The summed E-state index contributed by atoms with van der Waals surface area (Å²) in [6, 6.07) is 6.76. The molecule has 5 rings (SSSR count). The van der Waals surface area contributed by atoms with Crippen molar-refractivity contribution in [1.82, 2.24) is 35.2 Å². The molecule has 0 unspecified atom stereocenters. The number of nitrogens with one attached hydrogen (secondary N) is 2. The summed E-state index contributed by atoms with van der Waals surface area (Å²) in [5.41, 5.74) is 6.08. The molecule has 2 aromatic heterocycles. The monoisotopic (exact) mass is 432 g/mol. The average Bonchev–Trinajstić information content (AvgIpc) is 3.42. The fourth-order valence-corrected chi connectivity index (χ4v) is 4.98. The number of amides is 1. The van der Waals surface area contributed by atoms with Gasteiger partial charge in [0.15, 0.2) is 5.69 Å². The fourth-order valence-electron chi connectivity index (χ4n) is 4.98. The van der Waals surface area contributed by atoms with E-state index in [1.807, 2.05) is 11.1 Å². The van der Waals surface area contributed by atoms with Crippen LogP contribution in [0, 0.1) is 19.8 Å². The van der Waals surface area contributed by atoms with Crippen molar-refractivity contribution in [2.24, 2.45) is 5.92 Å². The number of carbonyl (C=O) groups excluding carboxylic acids is 1. The molecule has 166 valence electrons. The predicted octanol–water partition coefficient (Wildman–Crippen LogP) is 2.82. The molecule has 1 amide bonds. The zero-order valence-corrected chi connectivity index (χ0v) is 18.7. The number of piperidine rings is 1. The molecule has 0 spiro atoms. The number of nitrogens with zero attached hydrogens (tertiary/aromatic N) is 6. The minimum Gasteiger partial charge on any atom is -0.337 e. The summed E-state index contributed by atoms with van der Waals surface area (Å²) < 4.78 is 0. The summed E-state index contributed by atoms with van der Waals surface area (Å²) in [6.45, 7) is 9.50. The third-order valence-corrected chi connectivity index (χ3v) is 6.41. The minimum absolute atomic E-state index is 0.0540. The SMILES string of the molecule is Cc1cc(C)cc(Nc2ncc3c(n2)CN([C@@H]2CCN(C(=O)c4cn[nH]n4)C[C@@H]2C)C3)c1. The Morgan fingerprint density at radius 1 is 1.16 bits per heavy atom. The first-order valence-corrected chi connectivity index (χ1v) is 11.1. The number of fused-ring (bicyclic) bond motifs is 1. The number of anilines is 2. The molecule has 9 heteroatoms. The molecule has 9 nitrogen and oxygen atoms in total. The topological polar surface area (TPSA) is 103 Å². The number of aromatic amines is 1. The Bertz CT molecular complexity index is 1110. The van der Waals surface area contributed by atoms with E-state index in [4.69, 9.17) is 4.98 Å². The number of H-pyrrole nitrogens is 1. The van der Waals surface area contributed by atoms with Crippen LogP contribution in [0.25, 0.3) is 0 Å². The normalized spacial score (nSPS) is 20.9. The molecule has 2 aliphatic heterocycles. The van der Waals surface area contributed by atoms with Crippen molar-refractivity contribution >= 4 is 17.5 Å². The van der Waals surface area contributed by atoms with Gasteiger partial charge in [-0.05, 0) is 49.4 Å². The van der Waals surface area contributed by atoms with Gasteiger partial charge in [0.05, 0.1) is 11.9 Å². The zero-order chi connectivity index (χ0) is 22.2. The maximum atomic E-state index is 12.6. The van der Waals surface area contributed by atoms with Gasteiger partial charge in [-0.1, -0.05) is 13.0 Å². The lowest BCUT2D eigenvalue weighted by molar-refractivity contribution is 0.0440. The van der Waals surface area contributed by atoms with Crippen LogP contribution in [-0.4, -0.2) is 60.2 Å². The summed E-state index contributed by atoms with van der Waals surface area (Å²) in [4.78, 5) is 26.3. The van der Waals surface area contributed by atoms with E-state index in [9.17, 15) is 4.79 Å². The van der Waals surface area contributed by atoms with Crippen LogP contribution in [0.1, 0.15) is 46.2 Å². The molecule has 3 aromatic rings. The molecular formula is C23H28N8O. The molecule has 0 aliphatic carbocycles. The van der Waals surface area contributed by atoms with Gasteiger partial charge in [0, 0.05) is 49.7 Å². The van der Waals surface area contributed by atoms with Crippen LogP contribution in [-0.2, 0) is 13.1 Å². The van der Waals surface area contributed by atoms with Gasteiger partial charge in [0.1, 0.15) is 0 Å². The van der Waals surface area contributed by atoms with Crippen LogP contribution in [0.2, 0.25) is 0 Å². The Labute approximate surface area is 187 Å². The van der Waals surface area contributed by atoms with Gasteiger partial charge in [0.2, 0.25) is 5.95 Å². The lowest BCUT2D eigenvalue weighted by Crippen LogP contribution is -2.50. The Hall–Kier alpha value is -3.33. The minimum atomic E-state index is -0.0540. The molecular weight excluding hydrogens is 404 g/mol. The number of aryl methyl sites for hydroxylation is 2. The van der Waals surface area contributed by atoms with Crippen LogP contribution in [0.4, 0.5) is 11.6 Å². The Morgan fingerprint density at radius 3 is 2.69 bits per heavy atom. The molecule has 1 fully saturated rings. The maximum Gasteiger partial charge on any atom is 0.276 e. The highest BCUT2D eigenvalue weighted by molar-refractivity contribution is 5.91. The predicted molar refractivity (Wildman–Crippen MR) is 120 cm³/mol. The highest BCUT2D eigenvalue weighted by Gasteiger charge is 2.36. The lowest BCUT2D eigenvalue weighted by atomic mass is 9.92. The highest BCUT2D eigenvalue weighted by Crippen LogP contribution is 2.31. The zero-order valence-electron chi connectivity index (χ0n) is 18.7. The fraction of sp³-hybridized carbons (Fsp3) is 0.435. The van der Waals surface area contributed by atoms with E-state index in [0.717, 1.165) is 37.4 Å². The van der Waals surface area contributed by atoms with E-state index in [2.05, 4.69) is 69.6 Å². The summed E-state index contributed by atoms with van der Waals surface area (Å²) in [5.74, 6) is 0.938. The summed E-state index contributed by atoms with van der Waals surface area (Å²) in [7, 11) is 0. The smallest absolute Gasteiger partial charge is 0.276 e. The van der Waals surface area contributed by atoms with Gasteiger partial charge < -0.3 is 10.2 Å². The van der Waals surface area contributed by atoms with Crippen molar-refractivity contribution < 1.29 is 4.79 Å². The van der Waals surface area contributed by atoms with Crippen LogP contribution in [0.3, 0.4) is 0 Å². The second-order valence-electron chi connectivity index (χ2n) is 9.01. The molecule has 2 N–H and O–H groups in total. The standard InChI is InChI=1S/C23H28N8O/c1-14-6-15(2)8-18(7-14)26-23-24-9-17-12-31(13-20(17)27-23)21-4-5-30(11-16(21)3)22(32)19-10-25-29-28-19/h6-10,16,21H,4-5,11-13H2,1-3H3,(H,24,26,27)(H,25,28,29)/t16-,21+/m0/s1. The highest BCUT2D eigenvalue weighted by atomic mass is 16.2. The second-order valence-corrected chi connectivity index (χ2v) is 9.01. The Kier molecular flexibility index (Phi) is 5.34. The molecule has 0 radical (unpaired) electrons. The summed E-state index contributed by atoms with van der Waals surface area (Å²) in [6.07, 6.45) is 4.36. The summed E-state index contributed by atoms with van der Waals surface area (Å²) >= 11 is 0. The third kappa shape index (κ3) is 4.08. The van der Waals surface area contributed by atoms with E-state index in [-0.39, 0.29) is 5.91 Å². The first-order valence-electron chi connectivity index (χ1n) is 11.1. The number of hydrogen-bond acceptors (Lipinski definition) is 7. The van der Waals surface area contributed by atoms with Crippen molar-refractivity contribution in [3.63, 3.8) is 0 Å². The van der Waals surface area contributed by atoms with E-state index >= 15 is 0 Å². The molecule has 2 atom stereocenters. The number of hydrogen-bond donors (Lipinski definition) is 2. The van der Waals surface area contributed by atoms with Crippen LogP contribution >= 0.6 is 0 Å². The third-order valence-electron chi connectivity index (χ3n) is 6.41. The molecule has 2 aliphatic rings. The molecule has 0 saturated carbocycles. The molecule has 1 aromatic carbocycles. The van der Waals surface area contributed by atoms with Gasteiger partial charge in [-0.3, -0.25) is 9.69 Å². The van der Waals surface area contributed by atoms with Crippen molar-refractivity contribution in [3.8, 4) is 0 Å². The van der Waals surface area contributed by atoms with Gasteiger partial charge >= 0.3 is 0 Å². The van der Waals surface area contributed by atoms with Crippen LogP contribution in [0.15, 0.2) is 30.6 Å². The van der Waals surface area contributed by atoms with Crippen molar-refractivity contribution in [1.29, 1.82) is 0 Å². The van der Waals surface area contributed by atoms with E-state index in [1.54, 1.807) is 0 Å². The Morgan fingerprint density at radius 2 is 1.97 bits per heavy atom. The van der Waals surface area contributed by atoms with E-state index in [0.29, 0.717) is 30.1 Å². The Balaban J connectivity index is 1.24. The van der Waals surface area contributed by atoms with Crippen molar-refractivity contribution in [2.45, 2.75) is 46.3 Å². The largest absolute Gasteiger partial charge is 0.337 e. The second kappa shape index (κ2) is 8.31. The quantitative estimate of drug-likeness (QED) is 0.653. The maximum absolute atomic E-state index is 12.6. The average molecular weight is 433 g/mol. The molecule has 0 bridgehead atoms. The van der Waals surface area contributed by atoms with Gasteiger partial charge in [-0.15, -0.1) is 0 Å². The number of benzene rings is 1. The van der Waals surface area contributed by atoms with E-state index < -0.39 is 0 Å². The number of likely N-dealkylation sites (tertiary alicyclic amines) is 1. The van der Waals surface area contributed by atoms with Gasteiger partial charge in [-0.2, -0.15) is 15.4 Å². The van der Waals surface area contributed by atoms with Gasteiger partial charge in [0.25, 0.3) is 5.91 Å². The molecule has 32 heavy (non-hydrogen) atoms. The first-order chi connectivity index (χ1) is 15.5. The van der Waals surface area contributed by atoms with Crippen molar-refractivity contribution in [2.75, 3.05) is 18.4 Å². The summed E-state index contributed by atoms with van der Waals surface area (Å²) in [5, 5.41) is 13.5. The van der Waals surface area contributed by atoms with Gasteiger partial charge in [-0.25, -0.2) is 9.97 Å². The number of carbonyl (C=O) groups is 1. The lowest BCUT2D eigenvalue weighted by Gasteiger charge is -2.41. The van der Waals surface area contributed by atoms with Crippen molar-refractivity contribution in [3.05, 3.63) is 58.7 Å². The first kappa shape index (κ1) is 20.6. The van der Waals surface area contributed by atoms with Crippen LogP contribution in [0.5, 0.6) is 0 Å². The molecule has 4 heterocycles. The number of rotatable bonds is 4. The number of aromatic nitrogens is 5. The molecule has 1 saturated heterocycles.